The normalized spacial score (nSPS) is 20.0. The highest BCUT2D eigenvalue weighted by Crippen LogP contribution is 2.44. The standard InChI is InChI=1S/C21H23BrFNO4S/c1-20(2,3)28-19(25)24-13-12-21(14-24,15-4-6-16(22)7-5-15)29(26,27)18-10-8-17(23)9-11-18/h4-11H,12-14H2,1-3H3. The number of hydrogen-bond acceptors (Lipinski definition) is 4. The van der Waals surface area contributed by atoms with Gasteiger partial charge >= 0.3 is 6.09 Å². The highest BCUT2D eigenvalue weighted by Gasteiger charge is 2.52. The molecule has 0 bridgehead atoms. The van der Waals surface area contributed by atoms with Gasteiger partial charge in [0, 0.05) is 17.6 Å². The van der Waals surface area contributed by atoms with Crippen molar-refractivity contribution in [3.8, 4) is 0 Å². The second kappa shape index (κ2) is 7.72. The molecule has 3 rings (SSSR count). The van der Waals surface area contributed by atoms with Gasteiger partial charge in [0.15, 0.2) is 9.84 Å². The maximum atomic E-state index is 13.7. The highest BCUT2D eigenvalue weighted by molar-refractivity contribution is 9.10. The van der Waals surface area contributed by atoms with Crippen molar-refractivity contribution in [1.82, 2.24) is 4.90 Å². The lowest BCUT2D eigenvalue weighted by atomic mass is 9.97. The Bertz CT molecular complexity index is 1000. The molecule has 0 aliphatic carbocycles. The molecule has 1 unspecified atom stereocenters. The van der Waals surface area contributed by atoms with Crippen LogP contribution >= 0.6 is 15.9 Å². The van der Waals surface area contributed by atoms with Gasteiger partial charge in [-0.25, -0.2) is 17.6 Å². The summed E-state index contributed by atoms with van der Waals surface area (Å²) in [6, 6.07) is 11.8. The lowest BCUT2D eigenvalue weighted by molar-refractivity contribution is 0.0290. The molecule has 0 saturated carbocycles. The Morgan fingerprint density at radius 1 is 1.10 bits per heavy atom. The summed E-state index contributed by atoms with van der Waals surface area (Å²) in [5, 5.41) is 0. The fourth-order valence-electron chi connectivity index (χ4n) is 3.47. The van der Waals surface area contributed by atoms with Crippen LogP contribution in [-0.4, -0.2) is 38.1 Å². The molecule has 1 atom stereocenters. The lowest BCUT2D eigenvalue weighted by Gasteiger charge is -2.30. The molecule has 156 valence electrons. The molecule has 0 radical (unpaired) electrons. The predicted molar refractivity (Wildman–Crippen MR) is 112 cm³/mol. The number of hydrogen-bond donors (Lipinski definition) is 0. The average molecular weight is 484 g/mol. The third-order valence-corrected chi connectivity index (χ3v) is 7.91. The second-order valence-corrected chi connectivity index (χ2v) is 11.3. The van der Waals surface area contributed by atoms with Crippen molar-refractivity contribution in [1.29, 1.82) is 0 Å². The molecule has 1 heterocycles. The van der Waals surface area contributed by atoms with Crippen molar-refractivity contribution in [2.75, 3.05) is 13.1 Å². The summed E-state index contributed by atoms with van der Waals surface area (Å²) in [5.74, 6) is -0.511. The van der Waals surface area contributed by atoms with E-state index in [4.69, 9.17) is 4.74 Å². The number of halogens is 2. The molecular weight excluding hydrogens is 461 g/mol. The van der Waals surface area contributed by atoms with Gasteiger partial charge in [-0.15, -0.1) is 0 Å². The van der Waals surface area contributed by atoms with Crippen LogP contribution in [-0.2, 0) is 19.3 Å². The second-order valence-electron chi connectivity index (χ2n) is 8.11. The minimum absolute atomic E-state index is 0.0212. The van der Waals surface area contributed by atoms with Crippen LogP contribution in [0.2, 0.25) is 0 Å². The number of nitrogens with zero attached hydrogens (tertiary/aromatic N) is 1. The van der Waals surface area contributed by atoms with Crippen molar-refractivity contribution >= 4 is 31.9 Å². The van der Waals surface area contributed by atoms with Crippen molar-refractivity contribution in [2.24, 2.45) is 0 Å². The van der Waals surface area contributed by atoms with Gasteiger partial charge in [0.1, 0.15) is 16.2 Å². The summed E-state index contributed by atoms with van der Waals surface area (Å²) in [5.41, 5.74) is -0.105. The Labute approximate surface area is 178 Å². The first-order valence-electron chi connectivity index (χ1n) is 9.19. The number of benzene rings is 2. The van der Waals surface area contributed by atoms with Crippen LogP contribution in [0.4, 0.5) is 9.18 Å². The van der Waals surface area contributed by atoms with E-state index < -0.39 is 32.1 Å². The molecule has 0 aromatic heterocycles. The van der Waals surface area contributed by atoms with Crippen LogP contribution in [0.1, 0.15) is 32.8 Å². The first kappa shape index (κ1) is 21.8. The monoisotopic (exact) mass is 483 g/mol. The minimum atomic E-state index is -3.92. The van der Waals surface area contributed by atoms with Crippen molar-refractivity contribution in [3.05, 3.63) is 64.4 Å². The van der Waals surface area contributed by atoms with Crippen LogP contribution < -0.4 is 0 Å². The molecule has 0 spiro atoms. The fraction of sp³-hybridized carbons (Fsp3) is 0.381. The molecule has 8 heteroatoms. The van der Waals surface area contributed by atoms with E-state index in [0.717, 1.165) is 16.6 Å². The van der Waals surface area contributed by atoms with Crippen molar-refractivity contribution in [2.45, 2.75) is 42.4 Å². The zero-order chi connectivity index (χ0) is 21.4. The molecule has 1 aliphatic rings. The Morgan fingerprint density at radius 3 is 2.24 bits per heavy atom. The summed E-state index contributed by atoms with van der Waals surface area (Å²) >= 11 is 3.37. The minimum Gasteiger partial charge on any atom is -0.444 e. The molecule has 5 nitrogen and oxygen atoms in total. The smallest absolute Gasteiger partial charge is 0.410 e. The predicted octanol–water partition coefficient (Wildman–Crippen LogP) is 4.90. The summed E-state index contributed by atoms with van der Waals surface area (Å²) in [7, 11) is -3.92. The van der Waals surface area contributed by atoms with Crippen LogP contribution in [0, 0.1) is 5.82 Å². The van der Waals surface area contributed by atoms with Gasteiger partial charge in [0.05, 0.1) is 4.90 Å². The van der Waals surface area contributed by atoms with E-state index in [2.05, 4.69) is 15.9 Å². The number of carbonyl (C=O) groups excluding carboxylic acids is 1. The van der Waals surface area contributed by atoms with E-state index in [1.807, 2.05) is 0 Å². The third kappa shape index (κ3) is 4.33. The highest BCUT2D eigenvalue weighted by atomic mass is 79.9. The van der Waals surface area contributed by atoms with E-state index in [1.165, 1.54) is 17.0 Å². The average Bonchev–Trinajstić information content (AvgIpc) is 3.09. The maximum Gasteiger partial charge on any atom is 0.410 e. The Balaban J connectivity index is 2.06. The largest absolute Gasteiger partial charge is 0.444 e. The van der Waals surface area contributed by atoms with E-state index >= 15 is 0 Å². The molecule has 1 aliphatic heterocycles. The van der Waals surface area contributed by atoms with Gasteiger partial charge in [-0.05, 0) is 69.2 Å². The van der Waals surface area contributed by atoms with Gasteiger partial charge in [-0.2, -0.15) is 0 Å². The van der Waals surface area contributed by atoms with Gasteiger partial charge in [0.2, 0.25) is 0 Å². The van der Waals surface area contributed by atoms with Crippen LogP contribution in [0.5, 0.6) is 0 Å². The summed E-state index contributed by atoms with van der Waals surface area (Å²) in [6.45, 7) is 5.49. The molecule has 1 amide bonds. The van der Waals surface area contributed by atoms with Crippen LogP contribution in [0.15, 0.2) is 57.9 Å². The molecule has 2 aromatic rings. The maximum absolute atomic E-state index is 13.7. The van der Waals surface area contributed by atoms with Gasteiger partial charge in [0.25, 0.3) is 0 Å². The summed E-state index contributed by atoms with van der Waals surface area (Å²) in [4.78, 5) is 14.0. The number of ether oxygens (including phenoxy) is 1. The lowest BCUT2D eigenvalue weighted by Crippen LogP contribution is -2.42. The Morgan fingerprint density at radius 2 is 1.69 bits per heavy atom. The zero-order valence-corrected chi connectivity index (χ0v) is 18.9. The van der Waals surface area contributed by atoms with Gasteiger partial charge in [-0.1, -0.05) is 28.1 Å². The molecule has 1 fully saturated rings. The van der Waals surface area contributed by atoms with E-state index in [9.17, 15) is 17.6 Å². The molecular formula is C21H23BrFNO4S. The van der Waals surface area contributed by atoms with Crippen molar-refractivity contribution < 1.29 is 22.3 Å². The van der Waals surface area contributed by atoms with Gasteiger partial charge in [-0.3, -0.25) is 0 Å². The fourth-order valence-corrected chi connectivity index (χ4v) is 5.81. The molecule has 2 aromatic carbocycles. The Hall–Kier alpha value is -1.93. The first-order chi connectivity index (χ1) is 13.4. The van der Waals surface area contributed by atoms with E-state index in [1.54, 1.807) is 45.0 Å². The number of amides is 1. The quantitative estimate of drug-likeness (QED) is 0.582. The molecule has 29 heavy (non-hydrogen) atoms. The molecule has 0 N–H and O–H groups in total. The third-order valence-electron chi connectivity index (χ3n) is 4.89. The number of rotatable bonds is 3. The van der Waals surface area contributed by atoms with Crippen LogP contribution in [0.3, 0.4) is 0 Å². The topological polar surface area (TPSA) is 63.7 Å². The van der Waals surface area contributed by atoms with Crippen molar-refractivity contribution in [3.63, 3.8) is 0 Å². The van der Waals surface area contributed by atoms with E-state index in [-0.39, 0.29) is 24.4 Å². The molecule has 1 saturated heterocycles. The number of likely N-dealkylation sites (tertiary alicyclic amines) is 1. The SMILES string of the molecule is CC(C)(C)OC(=O)N1CCC(c2ccc(Br)cc2)(S(=O)(=O)c2ccc(F)cc2)C1. The summed E-state index contributed by atoms with van der Waals surface area (Å²) in [6.07, 6.45) is -0.334. The number of carbonyl (C=O) groups is 1. The van der Waals surface area contributed by atoms with E-state index in [0.29, 0.717) is 5.56 Å². The van der Waals surface area contributed by atoms with Crippen LogP contribution in [0.25, 0.3) is 0 Å². The zero-order valence-electron chi connectivity index (χ0n) is 16.5. The summed E-state index contributed by atoms with van der Waals surface area (Å²) < 4.78 is 45.7. The van der Waals surface area contributed by atoms with Gasteiger partial charge < -0.3 is 9.64 Å². The Kier molecular flexibility index (Phi) is 5.80. The first-order valence-corrected chi connectivity index (χ1v) is 11.5. The number of sulfone groups is 1.